The number of hydrogen-bond donors (Lipinski definition) is 1. The van der Waals surface area contributed by atoms with Crippen molar-refractivity contribution in [2.24, 2.45) is 13.0 Å². The Kier molecular flexibility index (Phi) is 6.10. The zero-order valence-corrected chi connectivity index (χ0v) is 17.4. The monoisotopic (exact) mass is 388 g/mol. The standard InChI is InChI=1S/C21H29ClN4O/c1-14-5-6-18(22)11-20(14)26-10-9-17(13-26)12-23-21(27)8-7-19-15(2)24-25(4)16(19)3/h5-6,11,17H,7-10,12-13H2,1-4H3,(H,23,27). The Bertz CT molecular complexity index is 830. The predicted molar refractivity (Wildman–Crippen MR) is 111 cm³/mol. The number of carbonyl (C=O) groups excluding carboxylic acids is 1. The van der Waals surface area contributed by atoms with E-state index in [4.69, 9.17) is 11.6 Å². The molecule has 1 aliphatic rings. The van der Waals surface area contributed by atoms with Crippen LogP contribution in [-0.2, 0) is 18.3 Å². The Balaban J connectivity index is 1.46. The summed E-state index contributed by atoms with van der Waals surface area (Å²) in [6.45, 7) is 8.88. The first-order chi connectivity index (χ1) is 12.8. The summed E-state index contributed by atoms with van der Waals surface area (Å²) in [4.78, 5) is 14.7. The summed E-state index contributed by atoms with van der Waals surface area (Å²) in [5.41, 5.74) is 5.80. The second-order valence-electron chi connectivity index (χ2n) is 7.61. The highest BCUT2D eigenvalue weighted by molar-refractivity contribution is 6.30. The number of nitrogens with zero attached hydrogens (tertiary/aromatic N) is 3. The van der Waals surface area contributed by atoms with Crippen LogP contribution in [0.15, 0.2) is 18.2 Å². The highest BCUT2D eigenvalue weighted by Crippen LogP contribution is 2.29. The summed E-state index contributed by atoms with van der Waals surface area (Å²) in [5, 5.41) is 8.31. The lowest BCUT2D eigenvalue weighted by molar-refractivity contribution is -0.121. The molecule has 3 rings (SSSR count). The number of rotatable bonds is 6. The van der Waals surface area contributed by atoms with Gasteiger partial charge < -0.3 is 10.2 Å². The van der Waals surface area contributed by atoms with Crippen LogP contribution >= 0.6 is 11.6 Å². The second kappa shape index (κ2) is 8.34. The number of nitrogens with one attached hydrogen (secondary N) is 1. The largest absolute Gasteiger partial charge is 0.371 e. The zero-order valence-electron chi connectivity index (χ0n) is 16.7. The molecule has 1 aromatic carbocycles. The van der Waals surface area contributed by atoms with Gasteiger partial charge in [-0.3, -0.25) is 9.48 Å². The molecule has 0 saturated carbocycles. The molecule has 6 heteroatoms. The third-order valence-electron chi connectivity index (χ3n) is 5.65. The summed E-state index contributed by atoms with van der Waals surface area (Å²) in [5.74, 6) is 0.601. The molecule has 1 fully saturated rings. The number of carbonyl (C=O) groups is 1. The Labute approximate surface area is 166 Å². The van der Waals surface area contributed by atoms with Crippen LogP contribution in [0, 0.1) is 26.7 Å². The molecule has 0 radical (unpaired) electrons. The maximum Gasteiger partial charge on any atom is 0.220 e. The number of aromatic nitrogens is 2. The maximum atomic E-state index is 12.3. The Morgan fingerprint density at radius 1 is 1.33 bits per heavy atom. The van der Waals surface area contributed by atoms with Crippen molar-refractivity contribution in [2.75, 3.05) is 24.5 Å². The summed E-state index contributed by atoms with van der Waals surface area (Å²) in [7, 11) is 1.94. The molecule has 1 unspecified atom stereocenters. The topological polar surface area (TPSA) is 50.2 Å². The fraction of sp³-hybridized carbons (Fsp3) is 0.524. The van der Waals surface area contributed by atoms with Crippen molar-refractivity contribution in [2.45, 2.75) is 40.0 Å². The summed E-state index contributed by atoms with van der Waals surface area (Å²) in [6, 6.07) is 6.03. The van der Waals surface area contributed by atoms with Crippen molar-refractivity contribution in [3.05, 3.63) is 45.7 Å². The fourth-order valence-corrected chi connectivity index (χ4v) is 4.07. The van der Waals surface area contributed by atoms with E-state index in [0.29, 0.717) is 12.3 Å². The highest BCUT2D eigenvalue weighted by atomic mass is 35.5. The van der Waals surface area contributed by atoms with Gasteiger partial charge in [-0.2, -0.15) is 5.10 Å². The van der Waals surface area contributed by atoms with Crippen LogP contribution in [0.3, 0.4) is 0 Å². The van der Waals surface area contributed by atoms with Gasteiger partial charge in [-0.25, -0.2) is 0 Å². The Hall–Kier alpha value is -2.01. The average Bonchev–Trinajstić information content (AvgIpc) is 3.19. The molecule has 1 aromatic heterocycles. The molecular weight excluding hydrogens is 360 g/mol. The van der Waals surface area contributed by atoms with Crippen molar-refractivity contribution in [1.82, 2.24) is 15.1 Å². The molecule has 0 spiro atoms. The molecule has 1 amide bonds. The van der Waals surface area contributed by atoms with E-state index < -0.39 is 0 Å². The van der Waals surface area contributed by atoms with Crippen LogP contribution in [0.4, 0.5) is 5.69 Å². The summed E-state index contributed by atoms with van der Waals surface area (Å²) in [6.07, 6.45) is 2.35. The van der Waals surface area contributed by atoms with Crippen molar-refractivity contribution in [1.29, 1.82) is 0 Å². The number of aryl methyl sites for hydroxylation is 3. The van der Waals surface area contributed by atoms with Crippen LogP contribution in [0.5, 0.6) is 0 Å². The minimum Gasteiger partial charge on any atom is -0.371 e. The number of benzene rings is 1. The van der Waals surface area contributed by atoms with Gasteiger partial charge >= 0.3 is 0 Å². The quantitative estimate of drug-likeness (QED) is 0.822. The van der Waals surface area contributed by atoms with E-state index in [1.165, 1.54) is 16.8 Å². The van der Waals surface area contributed by atoms with E-state index in [2.05, 4.69) is 35.2 Å². The number of hydrogen-bond acceptors (Lipinski definition) is 3. The molecule has 2 aromatic rings. The van der Waals surface area contributed by atoms with Crippen LogP contribution in [0.1, 0.15) is 35.4 Å². The molecule has 1 aliphatic heterocycles. The lowest BCUT2D eigenvalue weighted by Crippen LogP contribution is -2.31. The lowest BCUT2D eigenvalue weighted by Gasteiger charge is -2.21. The smallest absolute Gasteiger partial charge is 0.220 e. The summed E-state index contributed by atoms with van der Waals surface area (Å²) < 4.78 is 1.88. The van der Waals surface area contributed by atoms with Gasteiger partial charge in [0.2, 0.25) is 5.91 Å². The van der Waals surface area contributed by atoms with Crippen LogP contribution < -0.4 is 10.2 Å². The van der Waals surface area contributed by atoms with Crippen LogP contribution in [0.25, 0.3) is 0 Å². The molecule has 27 heavy (non-hydrogen) atoms. The third kappa shape index (κ3) is 4.64. The molecule has 0 bridgehead atoms. The van der Waals surface area contributed by atoms with Gasteiger partial charge in [0.1, 0.15) is 0 Å². The van der Waals surface area contributed by atoms with Gasteiger partial charge in [0.05, 0.1) is 5.69 Å². The van der Waals surface area contributed by atoms with Gasteiger partial charge in [-0.15, -0.1) is 0 Å². The van der Waals surface area contributed by atoms with Gasteiger partial charge in [0.15, 0.2) is 0 Å². The van der Waals surface area contributed by atoms with Crippen molar-refractivity contribution < 1.29 is 4.79 Å². The molecule has 146 valence electrons. The van der Waals surface area contributed by atoms with Gasteiger partial charge in [0.25, 0.3) is 0 Å². The molecule has 1 N–H and O–H groups in total. The first kappa shape index (κ1) is 19.7. The number of anilines is 1. The molecule has 2 heterocycles. The molecule has 0 aliphatic carbocycles. The lowest BCUT2D eigenvalue weighted by atomic mass is 10.1. The molecule has 5 nitrogen and oxygen atoms in total. The first-order valence-electron chi connectivity index (χ1n) is 9.62. The van der Waals surface area contributed by atoms with E-state index in [9.17, 15) is 4.79 Å². The Morgan fingerprint density at radius 3 is 2.81 bits per heavy atom. The van der Waals surface area contributed by atoms with E-state index in [1.54, 1.807) is 0 Å². The van der Waals surface area contributed by atoms with E-state index >= 15 is 0 Å². The first-order valence-corrected chi connectivity index (χ1v) is 9.99. The highest BCUT2D eigenvalue weighted by Gasteiger charge is 2.24. The predicted octanol–water partition coefficient (Wildman–Crippen LogP) is 3.57. The van der Waals surface area contributed by atoms with Gasteiger partial charge in [-0.05, 0) is 62.8 Å². The fourth-order valence-electron chi connectivity index (χ4n) is 3.91. The van der Waals surface area contributed by atoms with E-state index in [-0.39, 0.29) is 5.91 Å². The average molecular weight is 389 g/mol. The van der Waals surface area contributed by atoms with Crippen molar-refractivity contribution >= 4 is 23.2 Å². The molecule has 1 saturated heterocycles. The number of amides is 1. The van der Waals surface area contributed by atoms with Crippen molar-refractivity contribution in [3.8, 4) is 0 Å². The summed E-state index contributed by atoms with van der Waals surface area (Å²) >= 11 is 6.15. The minimum absolute atomic E-state index is 0.120. The van der Waals surface area contributed by atoms with Crippen LogP contribution in [-0.4, -0.2) is 35.3 Å². The zero-order chi connectivity index (χ0) is 19.6. The molecule has 1 atom stereocenters. The van der Waals surface area contributed by atoms with E-state index in [0.717, 1.165) is 48.9 Å². The van der Waals surface area contributed by atoms with Crippen LogP contribution in [0.2, 0.25) is 5.02 Å². The normalized spacial score (nSPS) is 16.8. The van der Waals surface area contributed by atoms with E-state index in [1.807, 2.05) is 30.8 Å². The maximum absolute atomic E-state index is 12.3. The SMILES string of the molecule is Cc1ccc(Cl)cc1N1CCC(CNC(=O)CCc2c(C)nn(C)c2C)C1. The Morgan fingerprint density at radius 2 is 2.11 bits per heavy atom. The second-order valence-corrected chi connectivity index (χ2v) is 8.05. The van der Waals surface area contributed by atoms with Crippen molar-refractivity contribution in [3.63, 3.8) is 0 Å². The van der Waals surface area contributed by atoms with Gasteiger partial charge in [0, 0.05) is 49.5 Å². The minimum atomic E-state index is 0.120. The van der Waals surface area contributed by atoms with Gasteiger partial charge in [-0.1, -0.05) is 17.7 Å². The molecular formula is C21H29ClN4O. The number of halogens is 1. The third-order valence-corrected chi connectivity index (χ3v) is 5.88.